The second-order valence-electron chi connectivity index (χ2n) is 8.12. The fourth-order valence-electron chi connectivity index (χ4n) is 4.80. The van der Waals surface area contributed by atoms with Gasteiger partial charge in [-0.1, -0.05) is 18.0 Å². The topological polar surface area (TPSA) is 86.8 Å². The first-order valence-electron chi connectivity index (χ1n) is 10.5. The Hall–Kier alpha value is -3.23. The number of phenols is 1. The molecule has 2 aromatic carbocycles. The summed E-state index contributed by atoms with van der Waals surface area (Å²) in [5, 5.41) is 21.2. The lowest BCUT2D eigenvalue weighted by atomic mass is 9.88. The molecule has 33 heavy (non-hydrogen) atoms. The van der Waals surface area contributed by atoms with Crippen molar-refractivity contribution in [3.63, 3.8) is 0 Å². The number of piperidine rings is 1. The van der Waals surface area contributed by atoms with Crippen molar-refractivity contribution in [1.29, 1.82) is 0 Å². The summed E-state index contributed by atoms with van der Waals surface area (Å²) in [5.74, 6) is -3.28. The number of pyridine rings is 1. The van der Waals surface area contributed by atoms with E-state index in [2.05, 4.69) is 4.98 Å². The molecular formula is C24H19ClF2N2O4. The van der Waals surface area contributed by atoms with Gasteiger partial charge in [0.25, 0.3) is 0 Å². The van der Waals surface area contributed by atoms with E-state index in [9.17, 15) is 19.4 Å². The van der Waals surface area contributed by atoms with E-state index in [-0.39, 0.29) is 37.9 Å². The number of hydrogen-bond acceptors (Lipinski definition) is 5. The zero-order chi connectivity index (χ0) is 23.3. The lowest BCUT2D eigenvalue weighted by molar-refractivity contribution is 0.0698. The van der Waals surface area contributed by atoms with Crippen molar-refractivity contribution in [2.45, 2.75) is 25.3 Å². The summed E-state index contributed by atoms with van der Waals surface area (Å²) in [6, 6.07) is 4.88. The molecule has 4 aromatic rings. The third-order valence-electron chi connectivity index (χ3n) is 6.22. The maximum atomic E-state index is 15.2. The highest BCUT2D eigenvalue weighted by molar-refractivity contribution is 6.32. The highest BCUT2D eigenvalue weighted by Gasteiger charge is 2.34. The van der Waals surface area contributed by atoms with Gasteiger partial charge in [0.15, 0.2) is 5.82 Å². The van der Waals surface area contributed by atoms with Crippen LogP contribution >= 0.6 is 11.6 Å². The molecule has 1 atom stereocenters. The van der Waals surface area contributed by atoms with Crippen LogP contribution in [-0.2, 0) is 0 Å². The summed E-state index contributed by atoms with van der Waals surface area (Å²) in [7, 11) is 0. The number of likely N-dealkylation sites (tertiary alicyclic amines) is 1. The number of aromatic hydroxyl groups is 1. The number of halogens is 3. The molecule has 0 aliphatic carbocycles. The van der Waals surface area contributed by atoms with E-state index >= 15 is 4.39 Å². The predicted octanol–water partition coefficient (Wildman–Crippen LogP) is 5.89. The number of nitrogens with zero attached hydrogens (tertiary/aromatic N) is 2. The van der Waals surface area contributed by atoms with Crippen LogP contribution in [-0.4, -0.2) is 39.2 Å². The lowest BCUT2D eigenvalue weighted by Gasteiger charge is -2.36. The normalized spacial score (nSPS) is 15.8. The zero-order valence-corrected chi connectivity index (χ0v) is 18.1. The number of benzene rings is 2. The highest BCUT2D eigenvalue weighted by atomic mass is 35.5. The standard InChI is InChI=1S/C24H19ClF2N2O4/c25-15-5-4-13-18(20(15)27)22(30)19(17-14(24(31)32)11-33-23(13)17)21(29-8-2-1-3-9-29)12-6-7-28-16(26)10-12/h4-7,10-11,21,30H,1-3,8-9H2,(H,31,32). The molecule has 5 rings (SSSR count). The molecule has 0 radical (unpaired) electrons. The summed E-state index contributed by atoms with van der Waals surface area (Å²) in [5.41, 5.74) is 0.532. The van der Waals surface area contributed by atoms with Crippen LogP contribution in [0.1, 0.15) is 46.8 Å². The van der Waals surface area contributed by atoms with Crippen LogP contribution in [0.5, 0.6) is 5.75 Å². The third-order valence-corrected chi connectivity index (χ3v) is 6.51. The lowest BCUT2D eigenvalue weighted by Crippen LogP contribution is -2.34. The zero-order valence-electron chi connectivity index (χ0n) is 17.3. The Morgan fingerprint density at radius 1 is 1.15 bits per heavy atom. The Balaban J connectivity index is 1.93. The van der Waals surface area contributed by atoms with E-state index in [0.717, 1.165) is 25.5 Å². The maximum Gasteiger partial charge on any atom is 0.339 e. The number of aromatic nitrogens is 1. The summed E-state index contributed by atoms with van der Waals surface area (Å²) < 4.78 is 34.9. The highest BCUT2D eigenvalue weighted by Crippen LogP contribution is 2.48. The molecular weight excluding hydrogens is 454 g/mol. The average molecular weight is 473 g/mol. The fourth-order valence-corrected chi connectivity index (χ4v) is 4.95. The predicted molar refractivity (Wildman–Crippen MR) is 119 cm³/mol. The summed E-state index contributed by atoms with van der Waals surface area (Å²) in [6.07, 6.45) is 5.14. The van der Waals surface area contributed by atoms with Gasteiger partial charge in [0.1, 0.15) is 23.2 Å². The molecule has 0 saturated carbocycles. The number of carboxylic acids is 1. The summed E-state index contributed by atoms with van der Waals surface area (Å²) >= 11 is 6.01. The van der Waals surface area contributed by atoms with Crippen molar-refractivity contribution in [3.05, 3.63) is 70.2 Å². The van der Waals surface area contributed by atoms with Crippen LogP contribution in [0.25, 0.3) is 21.7 Å². The average Bonchev–Trinajstić information content (AvgIpc) is 3.24. The van der Waals surface area contributed by atoms with Crippen LogP contribution in [0, 0.1) is 11.8 Å². The van der Waals surface area contributed by atoms with Crippen molar-refractivity contribution < 1.29 is 28.2 Å². The first-order chi connectivity index (χ1) is 15.9. The van der Waals surface area contributed by atoms with Gasteiger partial charge in [0, 0.05) is 22.5 Å². The second-order valence-corrected chi connectivity index (χ2v) is 8.52. The van der Waals surface area contributed by atoms with Crippen LogP contribution in [0.2, 0.25) is 5.02 Å². The number of phenolic OH excluding ortho intramolecular Hbond substituents is 1. The van der Waals surface area contributed by atoms with Gasteiger partial charge in [-0.15, -0.1) is 0 Å². The molecule has 2 N–H and O–H groups in total. The molecule has 0 bridgehead atoms. The first-order valence-corrected chi connectivity index (χ1v) is 10.9. The van der Waals surface area contributed by atoms with E-state index in [4.69, 9.17) is 16.0 Å². The number of hydrogen-bond donors (Lipinski definition) is 2. The van der Waals surface area contributed by atoms with Gasteiger partial charge in [-0.25, -0.2) is 14.2 Å². The molecule has 1 unspecified atom stereocenters. The third kappa shape index (κ3) is 3.50. The Morgan fingerprint density at radius 2 is 1.91 bits per heavy atom. The smallest absolute Gasteiger partial charge is 0.339 e. The minimum atomic E-state index is -1.26. The van der Waals surface area contributed by atoms with Crippen molar-refractivity contribution in [1.82, 2.24) is 9.88 Å². The van der Waals surface area contributed by atoms with E-state index in [1.807, 2.05) is 4.90 Å². The molecule has 0 amide bonds. The molecule has 6 nitrogen and oxygen atoms in total. The van der Waals surface area contributed by atoms with Gasteiger partial charge in [-0.3, -0.25) is 4.90 Å². The molecule has 1 fully saturated rings. The second kappa shape index (κ2) is 8.28. The molecule has 0 spiro atoms. The quantitative estimate of drug-likeness (QED) is 0.360. The monoisotopic (exact) mass is 472 g/mol. The van der Waals surface area contributed by atoms with Crippen LogP contribution < -0.4 is 0 Å². The number of carbonyl (C=O) groups is 1. The van der Waals surface area contributed by atoms with Crippen LogP contribution in [0.3, 0.4) is 0 Å². The maximum absolute atomic E-state index is 15.2. The minimum absolute atomic E-state index is 0.113. The van der Waals surface area contributed by atoms with E-state index in [1.165, 1.54) is 24.4 Å². The fraction of sp³-hybridized carbons (Fsp3) is 0.250. The largest absolute Gasteiger partial charge is 0.507 e. The van der Waals surface area contributed by atoms with Gasteiger partial charge in [-0.2, -0.15) is 4.39 Å². The number of furan rings is 1. The number of aromatic carboxylic acids is 1. The molecule has 2 aromatic heterocycles. The van der Waals surface area contributed by atoms with Crippen molar-refractivity contribution >= 4 is 39.3 Å². The van der Waals surface area contributed by atoms with Crippen molar-refractivity contribution in [2.75, 3.05) is 13.1 Å². The molecule has 3 heterocycles. The van der Waals surface area contributed by atoms with Gasteiger partial charge < -0.3 is 14.6 Å². The van der Waals surface area contributed by atoms with Crippen molar-refractivity contribution in [3.8, 4) is 5.75 Å². The van der Waals surface area contributed by atoms with Gasteiger partial charge in [-0.05, 0) is 55.8 Å². The SMILES string of the molecule is O=C(O)c1coc2c1c(C(c1ccnc(F)c1)N1CCCCC1)c(O)c1c(F)c(Cl)ccc12. The Morgan fingerprint density at radius 3 is 2.61 bits per heavy atom. The molecule has 1 saturated heterocycles. The van der Waals surface area contributed by atoms with Crippen LogP contribution in [0.15, 0.2) is 41.1 Å². The van der Waals surface area contributed by atoms with E-state index in [1.54, 1.807) is 6.07 Å². The van der Waals surface area contributed by atoms with Crippen LogP contribution in [0.4, 0.5) is 8.78 Å². The summed E-state index contributed by atoms with van der Waals surface area (Å²) in [6.45, 7) is 1.26. The number of carboxylic acid groups (broad SMARTS) is 1. The van der Waals surface area contributed by atoms with E-state index in [0.29, 0.717) is 18.7 Å². The Bertz CT molecular complexity index is 1400. The van der Waals surface area contributed by atoms with Gasteiger partial charge in [0.05, 0.1) is 16.5 Å². The molecule has 1 aliphatic rings. The molecule has 1 aliphatic heterocycles. The van der Waals surface area contributed by atoms with Gasteiger partial charge in [0.2, 0.25) is 5.95 Å². The van der Waals surface area contributed by atoms with Crippen molar-refractivity contribution in [2.24, 2.45) is 0 Å². The van der Waals surface area contributed by atoms with Gasteiger partial charge >= 0.3 is 5.97 Å². The Kier molecular flexibility index (Phi) is 5.42. The Labute approximate surface area is 192 Å². The number of rotatable bonds is 4. The minimum Gasteiger partial charge on any atom is -0.507 e. The van der Waals surface area contributed by atoms with E-state index < -0.39 is 29.5 Å². The first kappa shape index (κ1) is 21.6. The molecule has 9 heteroatoms. The summed E-state index contributed by atoms with van der Waals surface area (Å²) in [4.78, 5) is 17.7. The number of fused-ring (bicyclic) bond motifs is 3. The molecule has 170 valence electrons.